The molecule has 0 radical (unpaired) electrons. The number of nitrogens with one attached hydrogen (secondary N) is 2. The standard InChI is InChI=1S/C21H28N8O3/c1-14(2)28-19(7-8-22-28)25-20(30)15(3)26-9-4-10-27(12-11-26)21-23-17-6-5-16(29(31)32)13-18(17)24-21/h5-8,13-15H,4,9-12H2,1-3H3,(H,23,24)(H,25,30)/t15-/m0/s1. The molecular formula is C21H28N8O3. The molecule has 1 atom stereocenters. The molecule has 1 aromatic carbocycles. The van der Waals surface area contributed by atoms with Crippen LogP contribution in [0.4, 0.5) is 17.5 Å². The first-order valence-electron chi connectivity index (χ1n) is 10.8. The van der Waals surface area contributed by atoms with Crippen LogP contribution in [0.5, 0.6) is 0 Å². The van der Waals surface area contributed by atoms with Gasteiger partial charge in [0.2, 0.25) is 11.9 Å². The first-order chi connectivity index (χ1) is 15.3. The molecule has 0 unspecified atom stereocenters. The minimum atomic E-state index is -0.412. The van der Waals surface area contributed by atoms with E-state index in [4.69, 9.17) is 0 Å². The SMILES string of the molecule is CC(C)n1nccc1NC(=O)[C@H](C)N1CCCN(c2nc3ccc([N+](=O)[O-])cc3[nH]2)CC1. The van der Waals surface area contributed by atoms with Gasteiger partial charge in [-0.1, -0.05) is 0 Å². The third-order valence-electron chi connectivity index (χ3n) is 5.83. The number of benzene rings is 1. The molecule has 11 nitrogen and oxygen atoms in total. The molecule has 32 heavy (non-hydrogen) atoms. The number of carbonyl (C=O) groups is 1. The van der Waals surface area contributed by atoms with Crippen molar-refractivity contribution in [2.75, 3.05) is 36.4 Å². The molecule has 1 saturated heterocycles. The Morgan fingerprint density at radius 3 is 2.75 bits per heavy atom. The van der Waals surface area contributed by atoms with E-state index in [9.17, 15) is 14.9 Å². The third kappa shape index (κ3) is 4.42. The van der Waals surface area contributed by atoms with Gasteiger partial charge in [0.15, 0.2) is 0 Å². The van der Waals surface area contributed by atoms with Gasteiger partial charge in [0.1, 0.15) is 5.82 Å². The van der Waals surface area contributed by atoms with Gasteiger partial charge in [0, 0.05) is 50.4 Å². The van der Waals surface area contributed by atoms with Crippen LogP contribution in [0.1, 0.15) is 33.2 Å². The van der Waals surface area contributed by atoms with Gasteiger partial charge in [0.25, 0.3) is 5.69 Å². The fourth-order valence-corrected chi connectivity index (χ4v) is 4.01. The van der Waals surface area contributed by atoms with Gasteiger partial charge in [-0.15, -0.1) is 0 Å². The second-order valence-corrected chi connectivity index (χ2v) is 8.32. The summed E-state index contributed by atoms with van der Waals surface area (Å²) < 4.78 is 1.79. The molecule has 11 heteroatoms. The Morgan fingerprint density at radius 2 is 2.00 bits per heavy atom. The lowest BCUT2D eigenvalue weighted by Crippen LogP contribution is -2.44. The fraction of sp³-hybridized carbons (Fsp3) is 0.476. The molecule has 1 aliphatic heterocycles. The first kappa shape index (κ1) is 21.8. The third-order valence-corrected chi connectivity index (χ3v) is 5.83. The van der Waals surface area contributed by atoms with E-state index in [1.807, 2.05) is 20.8 Å². The minimum absolute atomic E-state index is 0.0355. The highest BCUT2D eigenvalue weighted by Crippen LogP contribution is 2.23. The zero-order valence-corrected chi connectivity index (χ0v) is 18.5. The van der Waals surface area contributed by atoms with E-state index in [1.165, 1.54) is 12.1 Å². The van der Waals surface area contributed by atoms with Crippen molar-refractivity contribution >= 4 is 34.4 Å². The highest BCUT2D eigenvalue weighted by atomic mass is 16.6. The zero-order valence-electron chi connectivity index (χ0n) is 18.5. The summed E-state index contributed by atoms with van der Waals surface area (Å²) >= 11 is 0. The Morgan fingerprint density at radius 1 is 1.19 bits per heavy atom. The van der Waals surface area contributed by atoms with Crippen LogP contribution >= 0.6 is 0 Å². The number of H-pyrrole nitrogens is 1. The quantitative estimate of drug-likeness (QED) is 0.446. The van der Waals surface area contributed by atoms with E-state index in [2.05, 4.69) is 30.2 Å². The van der Waals surface area contributed by atoms with E-state index < -0.39 is 4.92 Å². The highest BCUT2D eigenvalue weighted by molar-refractivity contribution is 5.93. The average molecular weight is 441 g/mol. The maximum Gasteiger partial charge on any atom is 0.271 e. The summed E-state index contributed by atoms with van der Waals surface area (Å²) in [4.78, 5) is 35.6. The fourth-order valence-electron chi connectivity index (χ4n) is 4.01. The summed E-state index contributed by atoms with van der Waals surface area (Å²) in [5, 5.41) is 18.3. The summed E-state index contributed by atoms with van der Waals surface area (Å²) in [5.74, 6) is 1.34. The van der Waals surface area contributed by atoms with Gasteiger partial charge >= 0.3 is 0 Å². The van der Waals surface area contributed by atoms with Gasteiger partial charge in [-0.2, -0.15) is 5.10 Å². The van der Waals surface area contributed by atoms with E-state index in [0.29, 0.717) is 35.9 Å². The minimum Gasteiger partial charge on any atom is -0.341 e. The molecule has 1 fully saturated rings. The van der Waals surface area contributed by atoms with Crippen LogP contribution in [0, 0.1) is 10.1 Å². The number of amides is 1. The number of carbonyl (C=O) groups excluding carboxylic acids is 1. The van der Waals surface area contributed by atoms with E-state index >= 15 is 0 Å². The van der Waals surface area contributed by atoms with Crippen LogP contribution in [0.15, 0.2) is 30.5 Å². The molecule has 0 spiro atoms. The molecule has 0 aliphatic carbocycles. The van der Waals surface area contributed by atoms with Crippen molar-refractivity contribution in [1.29, 1.82) is 0 Å². The molecule has 1 amide bonds. The normalized spacial score (nSPS) is 16.3. The van der Waals surface area contributed by atoms with Gasteiger partial charge in [-0.3, -0.25) is 19.8 Å². The van der Waals surface area contributed by atoms with Gasteiger partial charge in [0.05, 0.1) is 28.2 Å². The molecule has 4 rings (SSSR count). The Hall–Kier alpha value is -3.47. The van der Waals surface area contributed by atoms with Gasteiger partial charge in [-0.25, -0.2) is 9.67 Å². The Balaban J connectivity index is 1.41. The number of aromatic nitrogens is 4. The molecule has 2 N–H and O–H groups in total. The number of aromatic amines is 1. The van der Waals surface area contributed by atoms with Crippen LogP contribution in [-0.2, 0) is 4.79 Å². The van der Waals surface area contributed by atoms with Crippen LogP contribution in [-0.4, -0.2) is 67.7 Å². The number of fused-ring (bicyclic) bond motifs is 1. The van der Waals surface area contributed by atoms with E-state index in [-0.39, 0.29) is 23.7 Å². The summed E-state index contributed by atoms with van der Waals surface area (Å²) in [5.41, 5.74) is 1.37. The molecule has 170 valence electrons. The number of imidazole rings is 1. The van der Waals surface area contributed by atoms with Crippen molar-refractivity contribution in [3.63, 3.8) is 0 Å². The maximum atomic E-state index is 12.9. The number of non-ortho nitro benzene ring substituents is 1. The number of anilines is 2. The van der Waals surface area contributed by atoms with Gasteiger partial charge < -0.3 is 15.2 Å². The second kappa shape index (κ2) is 8.95. The Bertz CT molecular complexity index is 1120. The topological polar surface area (TPSA) is 125 Å². The molecular weight excluding hydrogens is 412 g/mol. The van der Waals surface area contributed by atoms with E-state index in [0.717, 1.165) is 19.5 Å². The van der Waals surface area contributed by atoms with Crippen LogP contribution in [0.25, 0.3) is 11.0 Å². The summed E-state index contributed by atoms with van der Waals surface area (Å²) in [6.07, 6.45) is 2.56. The summed E-state index contributed by atoms with van der Waals surface area (Å²) in [7, 11) is 0. The molecule has 0 bridgehead atoms. The summed E-state index contributed by atoms with van der Waals surface area (Å²) in [6, 6.07) is 6.30. The first-order valence-corrected chi connectivity index (χ1v) is 10.8. The van der Waals surface area contributed by atoms with Crippen molar-refractivity contribution in [2.24, 2.45) is 0 Å². The van der Waals surface area contributed by atoms with E-state index in [1.54, 1.807) is 23.0 Å². The maximum absolute atomic E-state index is 12.9. The molecule has 3 heterocycles. The molecule has 1 aliphatic rings. The molecule has 3 aromatic rings. The lowest BCUT2D eigenvalue weighted by molar-refractivity contribution is -0.384. The van der Waals surface area contributed by atoms with Crippen LogP contribution in [0.2, 0.25) is 0 Å². The summed E-state index contributed by atoms with van der Waals surface area (Å²) in [6.45, 7) is 8.94. The second-order valence-electron chi connectivity index (χ2n) is 8.32. The predicted octanol–water partition coefficient (Wildman–Crippen LogP) is 2.79. The highest BCUT2D eigenvalue weighted by Gasteiger charge is 2.26. The smallest absolute Gasteiger partial charge is 0.271 e. The van der Waals surface area contributed by atoms with Crippen molar-refractivity contribution in [3.8, 4) is 0 Å². The van der Waals surface area contributed by atoms with Crippen LogP contribution in [0.3, 0.4) is 0 Å². The predicted molar refractivity (Wildman–Crippen MR) is 122 cm³/mol. The largest absolute Gasteiger partial charge is 0.341 e. The van der Waals surface area contributed by atoms with Crippen molar-refractivity contribution in [3.05, 3.63) is 40.6 Å². The van der Waals surface area contributed by atoms with Crippen molar-refractivity contribution in [2.45, 2.75) is 39.3 Å². The number of hydrogen-bond acceptors (Lipinski definition) is 7. The van der Waals surface area contributed by atoms with Crippen LogP contribution < -0.4 is 10.2 Å². The van der Waals surface area contributed by atoms with Crippen molar-refractivity contribution in [1.82, 2.24) is 24.6 Å². The number of nitrogens with zero attached hydrogens (tertiary/aromatic N) is 6. The number of hydrogen-bond donors (Lipinski definition) is 2. The van der Waals surface area contributed by atoms with Gasteiger partial charge in [-0.05, 0) is 33.3 Å². The molecule has 0 saturated carbocycles. The zero-order chi connectivity index (χ0) is 22.8. The van der Waals surface area contributed by atoms with Crippen molar-refractivity contribution < 1.29 is 9.72 Å². The lowest BCUT2D eigenvalue weighted by Gasteiger charge is -2.27. The lowest BCUT2D eigenvalue weighted by atomic mass is 10.2. The average Bonchev–Trinajstić information content (AvgIpc) is 3.32. The Labute approximate surface area is 185 Å². The molecule has 2 aromatic heterocycles. The number of nitro benzene ring substituents is 1. The number of rotatable bonds is 6. The Kier molecular flexibility index (Phi) is 6.08. The number of nitro groups is 1. The monoisotopic (exact) mass is 440 g/mol.